The van der Waals surface area contributed by atoms with Gasteiger partial charge in [0, 0.05) is 21.7 Å². The van der Waals surface area contributed by atoms with Crippen LogP contribution in [0.1, 0.15) is 61.2 Å². The van der Waals surface area contributed by atoms with Crippen LogP contribution in [-0.4, -0.2) is 4.92 Å². The van der Waals surface area contributed by atoms with Gasteiger partial charge in [-0.1, -0.05) is 248 Å². The fourth-order valence-corrected chi connectivity index (χ4v) is 7.08. The molecule has 0 N–H and O–H groups in total. The van der Waals surface area contributed by atoms with Crippen molar-refractivity contribution >= 4 is 73.6 Å². The van der Waals surface area contributed by atoms with Crippen LogP contribution in [0.15, 0.2) is 212 Å². The van der Waals surface area contributed by atoms with Gasteiger partial charge in [-0.05, 0) is 157 Å². The van der Waals surface area contributed by atoms with Crippen molar-refractivity contribution in [1.29, 1.82) is 0 Å². The zero-order valence-electron chi connectivity index (χ0n) is 44.9. The number of aryl methyl sites for hydroxylation is 10. The molecule has 0 spiro atoms. The van der Waals surface area contributed by atoms with Gasteiger partial charge in [-0.15, -0.1) is 6.42 Å². The van der Waals surface area contributed by atoms with Gasteiger partial charge in [0.2, 0.25) is 0 Å². The van der Waals surface area contributed by atoms with Crippen LogP contribution < -0.4 is 0 Å². The Morgan fingerprint density at radius 2 is 0.684 bits per heavy atom. The van der Waals surface area contributed by atoms with Gasteiger partial charge in [0.05, 0.1) is 9.95 Å². The van der Waals surface area contributed by atoms with Gasteiger partial charge in [0.1, 0.15) is 10.8 Å². The third kappa shape index (κ3) is 25.3. The molecule has 0 aliphatic carbocycles. The van der Waals surface area contributed by atoms with Crippen molar-refractivity contribution in [2.45, 2.75) is 69.2 Å². The van der Waals surface area contributed by atoms with Crippen molar-refractivity contribution in [3.8, 4) is 12.3 Å². The van der Waals surface area contributed by atoms with Gasteiger partial charge in [-0.3, -0.25) is 10.1 Å². The number of nitro benzene ring substituents is 1. The molecule has 3 nitrogen and oxygen atoms in total. The molecule has 0 bridgehead atoms. The van der Waals surface area contributed by atoms with Crippen LogP contribution in [0.25, 0.3) is 21.5 Å². The Morgan fingerprint density at radius 1 is 0.368 bits per heavy atom. The number of halogens is 5. The van der Waals surface area contributed by atoms with E-state index in [1.54, 1.807) is 25.1 Å². The maximum Gasteiger partial charge on any atom is 0.288 e. The minimum atomic E-state index is -0.491. The van der Waals surface area contributed by atoms with Gasteiger partial charge in [0.25, 0.3) is 5.69 Å². The molecule has 0 saturated carbocycles. The van der Waals surface area contributed by atoms with Crippen molar-refractivity contribution < 1.29 is 9.31 Å². The van der Waals surface area contributed by atoms with Crippen LogP contribution in [-0.2, 0) is 0 Å². The summed E-state index contributed by atoms with van der Waals surface area (Å²) >= 11 is 22.4. The predicted octanol–water partition coefficient (Wildman–Crippen LogP) is 21.5. The second-order valence-corrected chi connectivity index (χ2v) is 19.8. The zero-order chi connectivity index (χ0) is 56.2. The van der Waals surface area contributed by atoms with E-state index in [-0.39, 0.29) is 21.5 Å². The van der Waals surface area contributed by atoms with Crippen molar-refractivity contribution in [1.82, 2.24) is 0 Å². The average molecular weight is 1090 g/mol. The van der Waals surface area contributed by atoms with Crippen molar-refractivity contribution in [2.24, 2.45) is 0 Å². The number of hydrogen-bond acceptors (Lipinski definition) is 2. The van der Waals surface area contributed by atoms with Crippen molar-refractivity contribution in [3.63, 3.8) is 0 Å². The largest absolute Gasteiger partial charge is 0.288 e. The molecule has 0 unspecified atom stereocenters. The number of nitro groups is 1. The summed E-state index contributed by atoms with van der Waals surface area (Å²) in [7, 11) is 0. The lowest BCUT2D eigenvalue weighted by molar-refractivity contribution is -0.384. The molecule has 10 aromatic rings. The average Bonchev–Trinajstić information content (AvgIpc) is 3.40. The molecule has 0 aliphatic heterocycles. The van der Waals surface area contributed by atoms with Gasteiger partial charge in [-0.25, -0.2) is 4.39 Å². The lowest BCUT2D eigenvalue weighted by atomic mass is 10.1. The molecule has 0 heterocycles. The molecule has 390 valence electrons. The van der Waals surface area contributed by atoms with Gasteiger partial charge in [0.15, 0.2) is 0 Å². The normalized spacial score (nSPS) is 9.61. The fraction of sp³-hybridized carbons (Fsp3) is 0.147. The quantitative estimate of drug-likeness (QED) is 0.0934. The van der Waals surface area contributed by atoms with Crippen molar-refractivity contribution in [3.05, 3.63) is 310 Å². The number of rotatable bonds is 1. The Kier molecular flexibility index (Phi) is 27.9. The summed E-state index contributed by atoms with van der Waals surface area (Å²) in [5.74, 6) is 2.20. The first kappa shape index (κ1) is 63.1. The molecule has 10 rings (SSSR count). The lowest BCUT2D eigenvalue weighted by Crippen LogP contribution is -1.89. The first-order valence-corrected chi connectivity index (χ1v) is 25.9. The van der Waals surface area contributed by atoms with E-state index >= 15 is 0 Å². The Morgan fingerprint density at radius 3 is 1.09 bits per heavy atom. The first-order valence-electron chi connectivity index (χ1n) is 24.4. The molecule has 0 atom stereocenters. The minimum absolute atomic E-state index is 0.0355. The van der Waals surface area contributed by atoms with E-state index in [1.165, 1.54) is 84.3 Å². The third-order valence-corrected chi connectivity index (χ3v) is 12.0. The van der Waals surface area contributed by atoms with Crippen LogP contribution >= 0.6 is 46.4 Å². The maximum absolute atomic E-state index is 12.4. The first-order chi connectivity index (χ1) is 36.1. The van der Waals surface area contributed by atoms with E-state index in [2.05, 4.69) is 157 Å². The van der Waals surface area contributed by atoms with E-state index in [1.807, 2.05) is 87.5 Å². The Balaban J connectivity index is 0.000000230. The predicted molar refractivity (Wildman–Crippen MR) is 329 cm³/mol. The van der Waals surface area contributed by atoms with E-state index in [0.717, 1.165) is 26.7 Å². The van der Waals surface area contributed by atoms with E-state index in [9.17, 15) is 14.5 Å². The number of terminal acetylenes is 1. The highest BCUT2D eigenvalue weighted by Gasteiger charge is 2.10. The highest BCUT2D eigenvalue weighted by molar-refractivity contribution is 6.32. The monoisotopic (exact) mass is 1090 g/mol. The minimum Gasteiger partial charge on any atom is -0.258 e. The Labute approximate surface area is 471 Å². The van der Waals surface area contributed by atoms with Crippen LogP contribution in [0.5, 0.6) is 0 Å². The summed E-state index contributed by atoms with van der Waals surface area (Å²) in [6, 6.07) is 69.2. The fourth-order valence-electron chi connectivity index (χ4n) is 6.47. The molecular weight excluding hydrogens is 1020 g/mol. The van der Waals surface area contributed by atoms with E-state index in [0.29, 0.717) is 0 Å². The number of benzene rings is 10. The summed E-state index contributed by atoms with van der Waals surface area (Å²) in [6.45, 7) is 20.3. The van der Waals surface area contributed by atoms with Crippen LogP contribution in [0.3, 0.4) is 0 Å². The molecule has 0 amide bonds. The summed E-state index contributed by atoms with van der Waals surface area (Å²) < 4.78 is 12.4. The Hall–Kier alpha value is -7.23. The summed E-state index contributed by atoms with van der Waals surface area (Å²) in [5.41, 5.74) is 13.0. The van der Waals surface area contributed by atoms with Crippen LogP contribution in [0, 0.1) is 97.5 Å². The highest BCUT2D eigenvalue weighted by atomic mass is 35.5. The van der Waals surface area contributed by atoms with Crippen LogP contribution in [0.4, 0.5) is 10.1 Å². The SMILES string of the molecule is C#Cc1ccc(C)cc1.Cc1ccc(C)cc1.Cc1ccc(C)cc1.Cc1ccc(Cl)c(F)c1.Cc1ccc(Cl)c([N+](=O)[O-])c1.Cc1ccc(Cl)cc1.Cc1ccc2cc(Cl)ccc2c1.Cc1ccc2ccccc2c1. The summed E-state index contributed by atoms with van der Waals surface area (Å²) in [4.78, 5) is 9.80. The highest BCUT2D eigenvalue weighted by Crippen LogP contribution is 2.25. The molecule has 0 saturated heterocycles. The molecule has 0 aromatic heterocycles. The topological polar surface area (TPSA) is 43.1 Å². The molecule has 0 aliphatic rings. The molecule has 76 heavy (non-hydrogen) atoms. The third-order valence-electron chi connectivity index (χ3n) is 10.9. The smallest absolute Gasteiger partial charge is 0.258 e. The van der Waals surface area contributed by atoms with Gasteiger partial charge < -0.3 is 0 Å². The second-order valence-electron chi connectivity index (χ2n) is 18.1. The van der Waals surface area contributed by atoms with E-state index in [4.69, 9.17) is 52.8 Å². The summed E-state index contributed by atoms with van der Waals surface area (Å²) in [6.07, 6.45) is 5.15. The Bertz CT molecular complexity index is 3180. The van der Waals surface area contributed by atoms with Gasteiger partial charge >= 0.3 is 0 Å². The maximum atomic E-state index is 12.4. The zero-order valence-corrected chi connectivity index (χ0v) is 48.0. The van der Waals surface area contributed by atoms with E-state index < -0.39 is 4.92 Å². The molecule has 0 fully saturated rings. The molecule has 10 aromatic carbocycles. The molecular formula is C68H66Cl4FNO2. The number of fused-ring (bicyclic) bond motifs is 2. The molecule has 8 heteroatoms. The lowest BCUT2D eigenvalue weighted by Gasteiger charge is -1.98. The van der Waals surface area contributed by atoms with Crippen LogP contribution in [0.2, 0.25) is 20.1 Å². The number of hydrogen-bond donors (Lipinski definition) is 0. The van der Waals surface area contributed by atoms with Gasteiger partial charge in [-0.2, -0.15) is 0 Å². The molecule has 0 radical (unpaired) electrons. The number of nitrogens with zero attached hydrogens (tertiary/aromatic N) is 1. The standard InChI is InChI=1S/C11H9Cl.C11H10.C9H8.2C8H10.C7H6ClF.C7H6ClNO2.C7H7Cl/c1-8-2-3-10-7-11(12)5-4-9(10)6-8;1-9-6-7-10-4-2-3-5-11(10)8-9;1-3-9-6-4-8(2)5-7-9;2*1-7-3-5-8(2)6-4-7;1-5-2-3-6(8)7(9)4-5;1-5-2-3-6(8)7(4-5)9(10)11;1-6-2-4-7(8)5-3-6/h2-7H,1H3;2-8H,1H3;1,4-7H,2H3;2*3-6H,1-2H3;2-4H,1H3;2-4H,1H3;2-5H,1H3. The second kappa shape index (κ2) is 33.6. The van der Waals surface area contributed by atoms with Crippen molar-refractivity contribution in [2.75, 3.05) is 0 Å². The summed E-state index contributed by atoms with van der Waals surface area (Å²) in [5, 5.41) is 17.4.